The first-order valence-corrected chi connectivity index (χ1v) is 11.1. The number of ether oxygens (including phenoxy) is 2. The molecule has 0 aliphatic rings. The summed E-state index contributed by atoms with van der Waals surface area (Å²) in [4.78, 5) is 12.5. The van der Waals surface area contributed by atoms with Crippen molar-refractivity contribution in [3.8, 4) is 11.5 Å². The fourth-order valence-corrected chi connectivity index (χ4v) is 3.96. The Morgan fingerprint density at radius 2 is 1.69 bits per heavy atom. The zero-order valence-corrected chi connectivity index (χ0v) is 18.6. The molecule has 3 rings (SSSR count). The van der Waals surface area contributed by atoms with Crippen LogP contribution in [0.2, 0.25) is 0 Å². The molecule has 0 heterocycles. The van der Waals surface area contributed by atoms with Crippen LogP contribution >= 0.6 is 0 Å². The number of carbonyl (C=O) groups excluding carboxylic acids is 1. The minimum Gasteiger partial charge on any atom is -0.497 e. The summed E-state index contributed by atoms with van der Waals surface area (Å²) in [6, 6.07) is 15.1. The second kappa shape index (κ2) is 9.80. The molecule has 0 aromatic heterocycles. The summed E-state index contributed by atoms with van der Waals surface area (Å²) < 4.78 is 52.6. The van der Waals surface area contributed by atoms with E-state index in [-0.39, 0.29) is 17.1 Å². The zero-order valence-electron chi connectivity index (χ0n) is 17.8. The van der Waals surface area contributed by atoms with E-state index in [2.05, 4.69) is 10.0 Å². The lowest BCUT2D eigenvalue weighted by atomic mass is 10.2. The van der Waals surface area contributed by atoms with Gasteiger partial charge in [-0.2, -0.15) is 0 Å². The van der Waals surface area contributed by atoms with E-state index in [0.29, 0.717) is 11.5 Å². The van der Waals surface area contributed by atoms with Gasteiger partial charge in [-0.15, -0.1) is 0 Å². The Morgan fingerprint density at radius 3 is 2.34 bits per heavy atom. The number of benzene rings is 3. The molecule has 0 saturated heterocycles. The summed E-state index contributed by atoms with van der Waals surface area (Å²) in [5.74, 6) is -0.896. The Morgan fingerprint density at radius 1 is 0.969 bits per heavy atom. The standard InChI is InChI=1S/C23H23FN2O5S/c1-15-4-6-16(7-5-15)14-25-32(28,29)18-9-10-20(24)19(13-18)23(27)26-21-12-17(30-2)8-11-22(21)31-3/h4-13,25H,14H2,1-3H3,(H,26,27). The Balaban J connectivity index is 1.83. The lowest BCUT2D eigenvalue weighted by molar-refractivity contribution is 0.102. The van der Waals surface area contributed by atoms with Gasteiger partial charge in [0.2, 0.25) is 10.0 Å². The maximum Gasteiger partial charge on any atom is 0.258 e. The highest BCUT2D eigenvalue weighted by Crippen LogP contribution is 2.29. The molecular weight excluding hydrogens is 435 g/mol. The fourth-order valence-electron chi connectivity index (χ4n) is 2.91. The van der Waals surface area contributed by atoms with Gasteiger partial charge in [0, 0.05) is 12.6 Å². The predicted molar refractivity (Wildman–Crippen MR) is 119 cm³/mol. The van der Waals surface area contributed by atoms with E-state index < -0.39 is 27.3 Å². The van der Waals surface area contributed by atoms with Crippen molar-refractivity contribution < 1.29 is 27.1 Å². The van der Waals surface area contributed by atoms with Crippen LogP contribution in [0.1, 0.15) is 21.5 Å². The van der Waals surface area contributed by atoms with E-state index in [1.165, 1.54) is 20.3 Å². The third-order valence-corrected chi connectivity index (χ3v) is 6.13. The smallest absolute Gasteiger partial charge is 0.258 e. The Bertz CT molecular complexity index is 1230. The Labute approximate surface area is 186 Å². The summed E-state index contributed by atoms with van der Waals surface area (Å²) in [5.41, 5.74) is 1.65. The number of aryl methyl sites for hydroxylation is 1. The number of methoxy groups -OCH3 is 2. The average Bonchev–Trinajstić information content (AvgIpc) is 2.78. The minimum atomic E-state index is -3.98. The Hall–Kier alpha value is -3.43. The molecule has 0 radical (unpaired) electrons. The maximum atomic E-state index is 14.4. The largest absolute Gasteiger partial charge is 0.497 e. The second-order valence-corrected chi connectivity index (χ2v) is 8.74. The molecule has 168 valence electrons. The molecule has 32 heavy (non-hydrogen) atoms. The first kappa shape index (κ1) is 23.2. The van der Waals surface area contributed by atoms with Gasteiger partial charge in [0.15, 0.2) is 0 Å². The third-order valence-electron chi connectivity index (χ3n) is 4.73. The number of hydrogen-bond acceptors (Lipinski definition) is 5. The van der Waals surface area contributed by atoms with Crippen LogP contribution in [0, 0.1) is 12.7 Å². The molecule has 0 aliphatic carbocycles. The van der Waals surface area contributed by atoms with E-state index in [4.69, 9.17) is 9.47 Å². The van der Waals surface area contributed by atoms with Crippen LogP contribution < -0.4 is 19.5 Å². The SMILES string of the molecule is COc1ccc(OC)c(NC(=O)c2cc(S(=O)(=O)NCc3ccc(C)cc3)ccc2F)c1. The zero-order chi connectivity index (χ0) is 23.3. The molecule has 2 N–H and O–H groups in total. The first-order valence-electron chi connectivity index (χ1n) is 9.61. The van der Waals surface area contributed by atoms with Crippen molar-refractivity contribution >= 4 is 21.6 Å². The quantitative estimate of drug-likeness (QED) is 0.534. The van der Waals surface area contributed by atoms with E-state index in [1.807, 2.05) is 31.2 Å². The molecule has 0 saturated carbocycles. The van der Waals surface area contributed by atoms with Crippen LogP contribution in [0.25, 0.3) is 0 Å². The van der Waals surface area contributed by atoms with Crippen LogP contribution in [-0.4, -0.2) is 28.5 Å². The number of carbonyl (C=O) groups is 1. The third kappa shape index (κ3) is 5.43. The van der Waals surface area contributed by atoms with Crippen molar-refractivity contribution in [1.82, 2.24) is 4.72 Å². The molecule has 0 atom stereocenters. The van der Waals surface area contributed by atoms with Gasteiger partial charge in [-0.25, -0.2) is 17.5 Å². The highest BCUT2D eigenvalue weighted by molar-refractivity contribution is 7.89. The van der Waals surface area contributed by atoms with Crippen molar-refractivity contribution in [3.05, 3.63) is 83.2 Å². The second-order valence-electron chi connectivity index (χ2n) is 6.97. The average molecular weight is 459 g/mol. The van der Waals surface area contributed by atoms with Crippen LogP contribution in [0.4, 0.5) is 10.1 Å². The van der Waals surface area contributed by atoms with Crippen LogP contribution in [0.5, 0.6) is 11.5 Å². The van der Waals surface area contributed by atoms with E-state index >= 15 is 0 Å². The molecule has 0 fully saturated rings. The van der Waals surface area contributed by atoms with Crippen molar-refractivity contribution in [2.24, 2.45) is 0 Å². The van der Waals surface area contributed by atoms with Gasteiger partial charge in [-0.1, -0.05) is 29.8 Å². The number of nitrogens with one attached hydrogen (secondary N) is 2. The van der Waals surface area contributed by atoms with Gasteiger partial charge < -0.3 is 14.8 Å². The molecule has 0 aliphatic heterocycles. The lowest BCUT2D eigenvalue weighted by Crippen LogP contribution is -2.24. The lowest BCUT2D eigenvalue weighted by Gasteiger charge is -2.13. The van der Waals surface area contributed by atoms with Crippen molar-refractivity contribution in [1.29, 1.82) is 0 Å². The molecule has 9 heteroatoms. The van der Waals surface area contributed by atoms with E-state index in [9.17, 15) is 17.6 Å². The van der Waals surface area contributed by atoms with Crippen LogP contribution in [-0.2, 0) is 16.6 Å². The maximum absolute atomic E-state index is 14.4. The Kier molecular flexibility index (Phi) is 7.12. The number of anilines is 1. The van der Waals surface area contributed by atoms with Gasteiger partial charge in [-0.05, 0) is 42.8 Å². The van der Waals surface area contributed by atoms with Crippen molar-refractivity contribution in [2.75, 3.05) is 19.5 Å². The molecule has 3 aromatic rings. The summed E-state index contributed by atoms with van der Waals surface area (Å²) in [6.07, 6.45) is 0. The predicted octanol–water partition coefficient (Wildman–Crippen LogP) is 3.88. The molecule has 0 spiro atoms. The number of halogens is 1. The molecule has 7 nitrogen and oxygen atoms in total. The van der Waals surface area contributed by atoms with Gasteiger partial charge in [0.1, 0.15) is 17.3 Å². The van der Waals surface area contributed by atoms with Gasteiger partial charge in [0.05, 0.1) is 30.4 Å². The number of sulfonamides is 1. The highest BCUT2D eigenvalue weighted by atomic mass is 32.2. The number of amides is 1. The molecule has 0 bridgehead atoms. The van der Waals surface area contributed by atoms with E-state index in [0.717, 1.165) is 29.3 Å². The summed E-state index contributed by atoms with van der Waals surface area (Å²) in [6.45, 7) is 1.99. The van der Waals surface area contributed by atoms with E-state index in [1.54, 1.807) is 12.1 Å². The number of rotatable bonds is 8. The highest BCUT2D eigenvalue weighted by Gasteiger charge is 2.20. The monoisotopic (exact) mass is 458 g/mol. The number of hydrogen-bond donors (Lipinski definition) is 2. The summed E-state index contributed by atoms with van der Waals surface area (Å²) >= 11 is 0. The molecule has 1 amide bonds. The molecule has 0 unspecified atom stereocenters. The molecular formula is C23H23FN2O5S. The van der Waals surface area contributed by atoms with Gasteiger partial charge in [0.25, 0.3) is 5.91 Å². The van der Waals surface area contributed by atoms with Crippen LogP contribution in [0.3, 0.4) is 0 Å². The summed E-state index contributed by atoms with van der Waals surface area (Å²) in [7, 11) is -1.09. The fraction of sp³-hybridized carbons (Fsp3) is 0.174. The summed E-state index contributed by atoms with van der Waals surface area (Å²) in [5, 5.41) is 2.54. The van der Waals surface area contributed by atoms with Crippen LogP contribution in [0.15, 0.2) is 65.6 Å². The van der Waals surface area contributed by atoms with Gasteiger partial charge >= 0.3 is 0 Å². The minimum absolute atomic E-state index is 0.0581. The molecule has 3 aromatic carbocycles. The normalized spacial score (nSPS) is 11.1. The van der Waals surface area contributed by atoms with Crippen molar-refractivity contribution in [3.63, 3.8) is 0 Å². The first-order chi connectivity index (χ1) is 15.2. The van der Waals surface area contributed by atoms with Crippen molar-refractivity contribution in [2.45, 2.75) is 18.4 Å². The van der Waals surface area contributed by atoms with Gasteiger partial charge in [-0.3, -0.25) is 4.79 Å². The topological polar surface area (TPSA) is 93.7 Å².